The highest BCUT2D eigenvalue weighted by atomic mass is 127. The molecule has 0 fully saturated rings. The summed E-state index contributed by atoms with van der Waals surface area (Å²) in [5.41, 5.74) is 0.780. The van der Waals surface area contributed by atoms with Crippen molar-refractivity contribution < 1.29 is 0 Å². The van der Waals surface area contributed by atoms with E-state index in [-0.39, 0.29) is 5.56 Å². The Hall–Kier alpha value is -0.320. The fourth-order valence-electron chi connectivity index (χ4n) is 0.477. The van der Waals surface area contributed by atoms with E-state index in [0.717, 1.165) is 9.13 Å². The van der Waals surface area contributed by atoms with Crippen LogP contribution in [0, 0.1) is 10.5 Å². The first-order valence-electron chi connectivity index (χ1n) is 2.40. The van der Waals surface area contributed by atoms with Crippen LogP contribution in [0.3, 0.4) is 0 Å². The third kappa shape index (κ3) is 1.54. The van der Waals surface area contributed by atoms with Crippen LogP contribution < -0.4 is 5.56 Å². The Kier molecular flexibility index (Phi) is 1.90. The number of H-pyrrole nitrogens is 1. The fraction of sp³-hybridized carbons (Fsp3) is 0. The van der Waals surface area contributed by atoms with Gasteiger partial charge in [0.25, 0.3) is 0 Å². The monoisotopic (exact) mass is 234 g/mol. The maximum absolute atomic E-state index is 10.6. The molecule has 0 saturated heterocycles. The second-order valence-corrected chi connectivity index (χ2v) is 2.83. The van der Waals surface area contributed by atoms with E-state index >= 15 is 0 Å². The van der Waals surface area contributed by atoms with Crippen LogP contribution in [0.1, 0.15) is 5.56 Å². The van der Waals surface area contributed by atoms with Gasteiger partial charge in [0.05, 0.1) is 0 Å². The summed E-state index contributed by atoms with van der Waals surface area (Å²) in [5.74, 6) is 0. The van der Waals surface area contributed by atoms with Crippen molar-refractivity contribution in [2.75, 3.05) is 0 Å². The van der Waals surface area contributed by atoms with E-state index in [2.05, 4.69) is 34.5 Å². The third-order valence-electron chi connectivity index (χ3n) is 0.953. The maximum Gasteiger partial charge on any atom is 0.248 e. The molecule has 1 heterocycles. The molecule has 9 heavy (non-hydrogen) atoms. The van der Waals surface area contributed by atoms with Gasteiger partial charge in [-0.1, -0.05) is 0 Å². The van der Waals surface area contributed by atoms with E-state index in [1.165, 1.54) is 6.07 Å². The van der Waals surface area contributed by atoms with Crippen LogP contribution >= 0.6 is 22.6 Å². The van der Waals surface area contributed by atoms with E-state index in [1.807, 2.05) is 0 Å². The molecule has 0 amide bonds. The maximum atomic E-state index is 10.6. The third-order valence-corrected chi connectivity index (χ3v) is 1.96. The summed E-state index contributed by atoms with van der Waals surface area (Å²) in [6.07, 6.45) is 1.60. The molecule has 1 radical (unpaired) electrons. The van der Waals surface area contributed by atoms with Gasteiger partial charge in [-0.2, -0.15) is 0 Å². The Morgan fingerprint density at radius 3 is 2.78 bits per heavy atom. The van der Waals surface area contributed by atoms with Crippen molar-refractivity contribution >= 4 is 22.6 Å². The van der Waals surface area contributed by atoms with Crippen LogP contribution in [0.2, 0.25) is 0 Å². The molecule has 0 aromatic carbocycles. The second-order valence-electron chi connectivity index (χ2n) is 1.67. The smallest absolute Gasteiger partial charge is 0.248 e. The molecule has 1 aromatic heterocycles. The Morgan fingerprint density at radius 1 is 1.67 bits per heavy atom. The largest absolute Gasteiger partial charge is 0.329 e. The molecule has 1 aromatic rings. The first-order valence-corrected chi connectivity index (χ1v) is 3.48. The molecular formula is C6H5INO. The van der Waals surface area contributed by atoms with E-state index in [9.17, 15) is 4.79 Å². The predicted molar refractivity (Wildman–Crippen MR) is 44.2 cm³/mol. The number of halogens is 1. The zero-order valence-corrected chi connectivity index (χ0v) is 6.81. The summed E-state index contributed by atoms with van der Waals surface area (Å²) in [6.45, 7) is 3.68. The number of hydrogen-bond donors (Lipinski definition) is 1. The van der Waals surface area contributed by atoms with Gasteiger partial charge in [0.1, 0.15) is 0 Å². The van der Waals surface area contributed by atoms with E-state index in [4.69, 9.17) is 0 Å². The van der Waals surface area contributed by atoms with Crippen LogP contribution in [-0.2, 0) is 0 Å². The highest BCUT2D eigenvalue weighted by Gasteiger charge is 1.91. The van der Waals surface area contributed by atoms with Crippen LogP contribution in [-0.4, -0.2) is 4.98 Å². The summed E-state index contributed by atoms with van der Waals surface area (Å²) in [5, 5.41) is 0. The minimum absolute atomic E-state index is 0.0770. The lowest BCUT2D eigenvalue weighted by atomic mass is 10.3. The molecule has 0 aliphatic carbocycles. The van der Waals surface area contributed by atoms with Crippen molar-refractivity contribution in [2.24, 2.45) is 0 Å². The molecule has 0 atom stereocenters. The van der Waals surface area contributed by atoms with Crippen molar-refractivity contribution in [1.29, 1.82) is 0 Å². The Bertz CT molecular complexity index is 266. The molecular weight excluding hydrogens is 229 g/mol. The van der Waals surface area contributed by atoms with Gasteiger partial charge in [0.15, 0.2) is 0 Å². The minimum atomic E-state index is -0.0770. The average Bonchev–Trinajstić information content (AvgIpc) is 1.80. The van der Waals surface area contributed by atoms with Gasteiger partial charge in [-0.05, 0) is 35.1 Å². The van der Waals surface area contributed by atoms with E-state index in [1.54, 1.807) is 6.20 Å². The first kappa shape index (κ1) is 6.80. The van der Waals surface area contributed by atoms with Crippen LogP contribution in [0.25, 0.3) is 0 Å². The van der Waals surface area contributed by atoms with Gasteiger partial charge >= 0.3 is 0 Å². The number of aromatic nitrogens is 1. The van der Waals surface area contributed by atoms with Crippen LogP contribution in [0.4, 0.5) is 0 Å². The Labute approximate surface area is 66.4 Å². The number of nitrogens with one attached hydrogen (secondary N) is 1. The second kappa shape index (κ2) is 2.51. The first-order chi connectivity index (χ1) is 4.20. The van der Waals surface area contributed by atoms with Gasteiger partial charge in [0, 0.05) is 15.8 Å². The van der Waals surface area contributed by atoms with Gasteiger partial charge in [-0.3, -0.25) is 4.79 Å². The molecule has 1 N–H and O–H groups in total. The lowest BCUT2D eigenvalue weighted by Gasteiger charge is -1.91. The van der Waals surface area contributed by atoms with Gasteiger partial charge in [-0.25, -0.2) is 0 Å². The molecule has 2 nitrogen and oxygen atoms in total. The minimum Gasteiger partial charge on any atom is -0.329 e. The lowest BCUT2D eigenvalue weighted by molar-refractivity contribution is 1.21. The van der Waals surface area contributed by atoms with Crippen molar-refractivity contribution in [3.63, 3.8) is 0 Å². The predicted octanol–water partition coefficient (Wildman–Crippen LogP) is 1.16. The van der Waals surface area contributed by atoms with E-state index in [0.29, 0.717) is 0 Å². The SMILES string of the molecule is [CH2]c1c[nH]c(=O)cc1I. The summed E-state index contributed by atoms with van der Waals surface area (Å²) in [4.78, 5) is 13.1. The van der Waals surface area contributed by atoms with Gasteiger partial charge in [-0.15, -0.1) is 0 Å². The van der Waals surface area contributed by atoms with Gasteiger partial charge in [0.2, 0.25) is 5.56 Å². The molecule has 47 valence electrons. The van der Waals surface area contributed by atoms with Gasteiger partial charge < -0.3 is 4.98 Å². The molecule has 0 unspecified atom stereocenters. The van der Waals surface area contributed by atoms with Crippen LogP contribution in [0.5, 0.6) is 0 Å². The summed E-state index contributed by atoms with van der Waals surface area (Å²) < 4.78 is 0.899. The van der Waals surface area contributed by atoms with Crippen molar-refractivity contribution in [3.05, 3.63) is 38.7 Å². The Morgan fingerprint density at radius 2 is 2.33 bits per heavy atom. The highest BCUT2D eigenvalue weighted by Crippen LogP contribution is 2.04. The van der Waals surface area contributed by atoms with Crippen molar-refractivity contribution in [1.82, 2.24) is 4.98 Å². The molecule has 0 spiro atoms. The summed E-state index contributed by atoms with van der Waals surface area (Å²) >= 11 is 2.07. The molecule has 0 bridgehead atoms. The zero-order valence-electron chi connectivity index (χ0n) is 4.65. The number of pyridine rings is 1. The van der Waals surface area contributed by atoms with Crippen LogP contribution in [0.15, 0.2) is 17.1 Å². The quantitative estimate of drug-likeness (QED) is 0.671. The van der Waals surface area contributed by atoms with E-state index < -0.39 is 0 Å². The lowest BCUT2D eigenvalue weighted by Crippen LogP contribution is -2.03. The number of aromatic amines is 1. The van der Waals surface area contributed by atoms with Crippen molar-refractivity contribution in [3.8, 4) is 0 Å². The van der Waals surface area contributed by atoms with Crippen molar-refractivity contribution in [2.45, 2.75) is 0 Å². The Balaban J connectivity index is 3.34. The molecule has 0 aliphatic rings. The molecule has 3 heteroatoms. The normalized spacial score (nSPS) is 9.56. The average molecular weight is 234 g/mol. The summed E-state index contributed by atoms with van der Waals surface area (Å²) in [7, 11) is 0. The molecule has 1 rings (SSSR count). The number of rotatable bonds is 0. The number of hydrogen-bond acceptors (Lipinski definition) is 1. The molecule has 0 saturated carbocycles. The fourth-order valence-corrected chi connectivity index (χ4v) is 0.915. The summed E-state index contributed by atoms with van der Waals surface area (Å²) in [6, 6.07) is 1.52. The molecule has 0 aliphatic heterocycles. The standard InChI is InChI=1S/C6H5INO/c1-4-3-8-6(9)2-5(4)7/h2-3H,1H2,(H,8,9). The highest BCUT2D eigenvalue weighted by molar-refractivity contribution is 14.1. The topological polar surface area (TPSA) is 32.9 Å². The zero-order chi connectivity index (χ0) is 6.85.